The minimum Gasteiger partial charge on any atom is -0.328 e. The summed E-state index contributed by atoms with van der Waals surface area (Å²) < 4.78 is 0. The Labute approximate surface area is 102 Å². The molecule has 0 radical (unpaired) electrons. The van der Waals surface area contributed by atoms with Crippen LogP contribution in [0.4, 0.5) is 0 Å². The molecule has 0 aromatic rings. The lowest BCUT2D eigenvalue weighted by molar-refractivity contribution is 0.514. The molecule has 0 saturated heterocycles. The molecule has 0 heterocycles. The molecule has 2 N–H and O–H groups in total. The van der Waals surface area contributed by atoms with Crippen molar-refractivity contribution in [2.24, 2.45) is 5.73 Å². The zero-order valence-electron chi connectivity index (χ0n) is 11.2. The Morgan fingerprint density at radius 1 is 0.938 bits per heavy atom. The molecular weight excluding hydrogens is 194 g/mol. The van der Waals surface area contributed by atoms with Crippen LogP contribution in [0.15, 0.2) is 0 Å². The molecule has 0 aliphatic rings. The highest BCUT2D eigenvalue weighted by atomic mass is 14.6. The van der Waals surface area contributed by atoms with Crippen LogP contribution < -0.4 is 5.73 Å². The molecule has 0 amide bonds. The van der Waals surface area contributed by atoms with Crippen molar-refractivity contribution in [2.45, 2.75) is 84.1 Å². The van der Waals surface area contributed by atoms with Crippen molar-refractivity contribution in [3.8, 4) is 11.8 Å². The summed E-state index contributed by atoms with van der Waals surface area (Å²) in [6.45, 7) is 4.15. The number of nitrogens with two attached hydrogens (primary N) is 1. The van der Waals surface area contributed by atoms with Crippen molar-refractivity contribution < 1.29 is 0 Å². The highest BCUT2D eigenvalue weighted by Crippen LogP contribution is 2.10. The predicted octanol–water partition coefficient (Wildman–Crippen LogP) is 4.26. The molecule has 1 nitrogen and oxygen atoms in total. The van der Waals surface area contributed by atoms with Gasteiger partial charge in [-0.3, -0.25) is 0 Å². The third kappa shape index (κ3) is 11.6. The van der Waals surface area contributed by atoms with Crippen LogP contribution >= 0.6 is 0 Å². The SMILES string of the molecule is CC#CCCC(N)CCCCCCCCC. The Morgan fingerprint density at radius 2 is 1.56 bits per heavy atom. The lowest BCUT2D eigenvalue weighted by Crippen LogP contribution is -2.19. The van der Waals surface area contributed by atoms with E-state index in [1.165, 1.54) is 51.4 Å². The van der Waals surface area contributed by atoms with Gasteiger partial charge in [0.15, 0.2) is 0 Å². The van der Waals surface area contributed by atoms with Crippen LogP contribution in [0.25, 0.3) is 0 Å². The summed E-state index contributed by atoms with van der Waals surface area (Å²) >= 11 is 0. The molecule has 16 heavy (non-hydrogen) atoms. The molecule has 0 aromatic heterocycles. The van der Waals surface area contributed by atoms with Crippen molar-refractivity contribution in [2.75, 3.05) is 0 Å². The first-order chi connectivity index (χ1) is 7.81. The fourth-order valence-electron chi connectivity index (χ4n) is 1.89. The van der Waals surface area contributed by atoms with Crippen LogP contribution in [0.2, 0.25) is 0 Å². The van der Waals surface area contributed by atoms with Gasteiger partial charge in [0, 0.05) is 12.5 Å². The van der Waals surface area contributed by atoms with Gasteiger partial charge < -0.3 is 5.73 Å². The van der Waals surface area contributed by atoms with Gasteiger partial charge in [-0.05, 0) is 19.8 Å². The molecule has 0 spiro atoms. The minimum absolute atomic E-state index is 0.372. The maximum absolute atomic E-state index is 6.01. The Bertz CT molecular complexity index is 187. The third-order valence-corrected chi connectivity index (χ3v) is 3.00. The Morgan fingerprint density at radius 3 is 2.19 bits per heavy atom. The van der Waals surface area contributed by atoms with E-state index in [1.807, 2.05) is 6.92 Å². The minimum atomic E-state index is 0.372. The maximum atomic E-state index is 6.01. The molecule has 0 aliphatic heterocycles. The third-order valence-electron chi connectivity index (χ3n) is 3.00. The molecule has 1 unspecified atom stereocenters. The van der Waals surface area contributed by atoms with E-state index in [9.17, 15) is 0 Å². The molecule has 1 heteroatoms. The van der Waals surface area contributed by atoms with E-state index in [4.69, 9.17) is 5.73 Å². The smallest absolute Gasteiger partial charge is 0.0103 e. The van der Waals surface area contributed by atoms with Crippen LogP contribution in [-0.2, 0) is 0 Å². The second-order valence-corrected chi connectivity index (χ2v) is 4.64. The van der Waals surface area contributed by atoms with E-state index in [1.54, 1.807) is 0 Å². The summed E-state index contributed by atoms with van der Waals surface area (Å²) in [5.74, 6) is 5.99. The lowest BCUT2D eigenvalue weighted by atomic mass is 10.0. The van der Waals surface area contributed by atoms with Crippen molar-refractivity contribution in [3.05, 3.63) is 0 Å². The monoisotopic (exact) mass is 223 g/mol. The standard InChI is InChI=1S/C15H29N/c1-3-5-7-8-9-10-12-14-15(16)13-11-6-4-2/h15H,3,5,7-14,16H2,1-2H3. The van der Waals surface area contributed by atoms with E-state index in [0.717, 1.165) is 12.8 Å². The van der Waals surface area contributed by atoms with E-state index in [0.29, 0.717) is 6.04 Å². The van der Waals surface area contributed by atoms with Crippen molar-refractivity contribution >= 4 is 0 Å². The molecule has 0 rings (SSSR count). The average molecular weight is 223 g/mol. The number of unbranched alkanes of at least 4 members (excludes halogenated alkanes) is 6. The van der Waals surface area contributed by atoms with E-state index >= 15 is 0 Å². The van der Waals surface area contributed by atoms with Gasteiger partial charge in [0.2, 0.25) is 0 Å². The molecule has 0 bridgehead atoms. The maximum Gasteiger partial charge on any atom is 0.0103 e. The van der Waals surface area contributed by atoms with Gasteiger partial charge in [-0.25, -0.2) is 0 Å². The first-order valence-electron chi connectivity index (χ1n) is 6.96. The summed E-state index contributed by atoms with van der Waals surface area (Å²) in [6, 6.07) is 0.372. The van der Waals surface area contributed by atoms with Gasteiger partial charge in [0.1, 0.15) is 0 Å². The summed E-state index contributed by atoms with van der Waals surface area (Å²) in [7, 11) is 0. The number of hydrogen-bond acceptors (Lipinski definition) is 1. The summed E-state index contributed by atoms with van der Waals surface area (Å²) in [5.41, 5.74) is 6.01. The quantitative estimate of drug-likeness (QED) is 0.434. The molecule has 0 fully saturated rings. The van der Waals surface area contributed by atoms with E-state index < -0.39 is 0 Å². The number of hydrogen-bond donors (Lipinski definition) is 1. The second-order valence-electron chi connectivity index (χ2n) is 4.64. The van der Waals surface area contributed by atoms with Crippen LogP contribution in [-0.4, -0.2) is 6.04 Å². The predicted molar refractivity (Wildman–Crippen MR) is 73.3 cm³/mol. The lowest BCUT2D eigenvalue weighted by Gasteiger charge is -2.09. The van der Waals surface area contributed by atoms with Gasteiger partial charge in [-0.1, -0.05) is 51.9 Å². The average Bonchev–Trinajstić information content (AvgIpc) is 2.28. The topological polar surface area (TPSA) is 26.0 Å². The van der Waals surface area contributed by atoms with Gasteiger partial charge in [-0.2, -0.15) is 0 Å². The Hall–Kier alpha value is -0.480. The molecule has 1 atom stereocenters. The van der Waals surface area contributed by atoms with Crippen molar-refractivity contribution in [1.29, 1.82) is 0 Å². The van der Waals surface area contributed by atoms with Crippen LogP contribution in [0, 0.1) is 11.8 Å². The van der Waals surface area contributed by atoms with Gasteiger partial charge >= 0.3 is 0 Å². The fourth-order valence-corrected chi connectivity index (χ4v) is 1.89. The van der Waals surface area contributed by atoms with E-state index in [2.05, 4.69) is 18.8 Å². The first-order valence-corrected chi connectivity index (χ1v) is 6.96. The zero-order valence-corrected chi connectivity index (χ0v) is 11.2. The first kappa shape index (κ1) is 15.5. The zero-order chi connectivity index (χ0) is 12.1. The highest BCUT2D eigenvalue weighted by molar-refractivity contribution is 4.95. The molecule has 0 saturated carbocycles. The summed E-state index contributed by atoms with van der Waals surface area (Å²) in [4.78, 5) is 0. The Kier molecular flexibility index (Phi) is 12.2. The molecular formula is C15H29N. The molecule has 0 aromatic carbocycles. The van der Waals surface area contributed by atoms with Gasteiger partial charge in [0.25, 0.3) is 0 Å². The molecule has 0 aliphatic carbocycles. The van der Waals surface area contributed by atoms with Crippen molar-refractivity contribution in [3.63, 3.8) is 0 Å². The molecule has 94 valence electrons. The van der Waals surface area contributed by atoms with Gasteiger partial charge in [-0.15, -0.1) is 11.8 Å². The van der Waals surface area contributed by atoms with Crippen LogP contribution in [0.3, 0.4) is 0 Å². The Balaban J connectivity index is 3.13. The highest BCUT2D eigenvalue weighted by Gasteiger charge is 2.00. The summed E-state index contributed by atoms with van der Waals surface area (Å²) in [5, 5.41) is 0. The van der Waals surface area contributed by atoms with Crippen molar-refractivity contribution in [1.82, 2.24) is 0 Å². The second kappa shape index (κ2) is 12.6. The number of rotatable bonds is 10. The van der Waals surface area contributed by atoms with Gasteiger partial charge in [0.05, 0.1) is 0 Å². The van der Waals surface area contributed by atoms with Crippen LogP contribution in [0.1, 0.15) is 78.1 Å². The summed E-state index contributed by atoms with van der Waals surface area (Å²) in [6.07, 6.45) is 12.8. The fraction of sp³-hybridized carbons (Fsp3) is 0.867. The van der Waals surface area contributed by atoms with Crippen LogP contribution in [0.5, 0.6) is 0 Å². The largest absolute Gasteiger partial charge is 0.328 e. The van der Waals surface area contributed by atoms with E-state index in [-0.39, 0.29) is 0 Å². The normalized spacial score (nSPS) is 11.9.